The largest absolute Gasteiger partial charge is 1.00 e. The molecule has 2 aromatic rings. The summed E-state index contributed by atoms with van der Waals surface area (Å²) in [6, 6.07) is 7.22. The van der Waals surface area contributed by atoms with Gasteiger partial charge in [-0.1, -0.05) is 57.5 Å². The Balaban J connectivity index is -0.000000178. The summed E-state index contributed by atoms with van der Waals surface area (Å²) in [5.74, 6) is 0.949. The molecule has 0 aliphatic carbocycles. The zero-order chi connectivity index (χ0) is 34.1. The van der Waals surface area contributed by atoms with Crippen LogP contribution in [0.1, 0.15) is 54.4 Å². The number of halogens is 3. The quantitative estimate of drug-likeness (QED) is 0.0770. The zero-order valence-corrected chi connectivity index (χ0v) is 42.6. The topological polar surface area (TPSA) is 123 Å². The number of nitrogens with zero attached hydrogens (tertiary/aromatic N) is 2. The smallest absolute Gasteiger partial charge is 1.00 e. The van der Waals surface area contributed by atoms with Gasteiger partial charge in [0.25, 0.3) is 6.47 Å². The fourth-order valence-corrected chi connectivity index (χ4v) is 5.78. The number of carbonyl (C=O) groups excluding carboxylic acids is 1. The van der Waals surface area contributed by atoms with Gasteiger partial charge in [0.05, 0.1) is 6.61 Å². The van der Waals surface area contributed by atoms with Crippen LogP contribution in [-0.2, 0) is 18.5 Å². The van der Waals surface area contributed by atoms with Gasteiger partial charge in [0.2, 0.25) is 0 Å². The molecule has 0 fully saturated rings. The summed E-state index contributed by atoms with van der Waals surface area (Å²) in [5.41, 5.74) is 1.86. The Morgan fingerprint density at radius 1 is 0.822 bits per heavy atom. The maximum Gasteiger partial charge on any atom is 1.00 e. The molecule has 0 atom stereocenters. The standard InChI is InChI=1S/C14H24BrNO2Si.C8H19BrOSi.C6H6BrNO.CH2O3.2K.H/c1-11-7-8-12(13(15)16-11)17-9-10-18-19(5,6)14(2,3)4;1-8(2,3)11(4,5)10-7-6-9;1-4-2-3-5(9)6(7)8-4;2-1-4-3;;;/h7-8H,9-10H2,1-6H3;6-7H2,1-5H3;2-3,9H,1H3;1,3H;;;/q;;;;2*+1;-1/p-1. The first-order valence-corrected chi connectivity index (χ1v) is 22.2. The molecular formula is C29H51Br3K2N2O7Si2. The van der Waals surface area contributed by atoms with Crippen LogP contribution in [-0.4, -0.2) is 63.3 Å². The van der Waals surface area contributed by atoms with Crippen molar-refractivity contribution in [1.29, 1.82) is 0 Å². The van der Waals surface area contributed by atoms with Crippen molar-refractivity contribution in [2.75, 3.05) is 25.2 Å². The molecule has 1 N–H and O–H groups in total. The average molecular weight is 914 g/mol. The number of pyridine rings is 2. The van der Waals surface area contributed by atoms with Crippen molar-refractivity contribution in [2.24, 2.45) is 0 Å². The van der Waals surface area contributed by atoms with Gasteiger partial charge in [0.15, 0.2) is 22.4 Å². The predicted octanol–water partition coefficient (Wildman–Crippen LogP) is 2.37. The molecule has 2 heterocycles. The van der Waals surface area contributed by atoms with E-state index in [1.807, 2.05) is 26.0 Å². The fraction of sp³-hybridized carbons (Fsp3) is 0.621. The van der Waals surface area contributed by atoms with E-state index in [2.05, 4.69) is 130 Å². The van der Waals surface area contributed by atoms with Crippen LogP contribution >= 0.6 is 47.8 Å². The molecule has 0 spiro atoms. The summed E-state index contributed by atoms with van der Waals surface area (Å²) in [7, 11) is -3.13. The third-order valence-electron chi connectivity index (χ3n) is 6.92. The summed E-state index contributed by atoms with van der Waals surface area (Å²) >= 11 is 9.85. The molecule has 0 unspecified atom stereocenters. The molecule has 2 aromatic heterocycles. The Hall–Kier alpha value is 2.40. The van der Waals surface area contributed by atoms with Crippen LogP contribution in [0.3, 0.4) is 0 Å². The Morgan fingerprint density at radius 3 is 1.56 bits per heavy atom. The van der Waals surface area contributed by atoms with Crippen LogP contribution < -0.4 is 113 Å². The molecule has 0 amide bonds. The Bertz CT molecular complexity index is 1100. The van der Waals surface area contributed by atoms with Crippen molar-refractivity contribution in [3.8, 4) is 11.5 Å². The number of rotatable bonds is 9. The number of carbonyl (C=O) groups is 1. The molecule has 9 nitrogen and oxygen atoms in total. The van der Waals surface area contributed by atoms with E-state index < -0.39 is 16.6 Å². The van der Waals surface area contributed by atoms with Crippen molar-refractivity contribution in [2.45, 2.75) is 91.7 Å². The first-order chi connectivity index (χ1) is 19.6. The van der Waals surface area contributed by atoms with Crippen molar-refractivity contribution < 1.29 is 138 Å². The number of aromatic hydroxyl groups is 1. The maximum absolute atomic E-state index is 8.93. The SMILES string of the molecule is CC(C)(C)[Si](C)(C)OCCBr.Cc1ccc(O)c(Br)n1.Cc1ccc(OCCO[Si](C)(C)C(C)(C)C)c(Br)n1.O=CO[O-].[H-].[K+].[K+]. The minimum Gasteiger partial charge on any atom is -1.00 e. The summed E-state index contributed by atoms with van der Waals surface area (Å²) < 4.78 is 18.8. The third kappa shape index (κ3) is 25.1. The van der Waals surface area contributed by atoms with E-state index in [0.717, 1.165) is 33.7 Å². The summed E-state index contributed by atoms with van der Waals surface area (Å²) in [5, 5.41) is 18.9. The van der Waals surface area contributed by atoms with E-state index in [1.54, 1.807) is 12.1 Å². The van der Waals surface area contributed by atoms with Crippen molar-refractivity contribution in [3.63, 3.8) is 0 Å². The van der Waals surface area contributed by atoms with Gasteiger partial charge in [-0.2, -0.15) is 0 Å². The molecule has 45 heavy (non-hydrogen) atoms. The van der Waals surface area contributed by atoms with E-state index in [1.165, 1.54) is 0 Å². The van der Waals surface area contributed by atoms with Crippen molar-refractivity contribution in [1.82, 2.24) is 9.97 Å². The van der Waals surface area contributed by atoms with E-state index in [9.17, 15) is 0 Å². The van der Waals surface area contributed by atoms with Gasteiger partial charge < -0.3 is 30.3 Å². The average Bonchev–Trinajstić information content (AvgIpc) is 2.88. The molecule has 0 aliphatic heterocycles. The molecule has 2 rings (SSSR count). The van der Waals surface area contributed by atoms with Gasteiger partial charge in [-0.3, -0.25) is 4.79 Å². The zero-order valence-electron chi connectivity index (χ0n) is 30.6. The van der Waals surface area contributed by atoms with E-state index in [4.69, 9.17) is 28.7 Å². The Labute approximate surface area is 385 Å². The molecule has 0 saturated carbocycles. The molecule has 250 valence electrons. The summed E-state index contributed by atoms with van der Waals surface area (Å²) in [6.07, 6.45) is 0. The van der Waals surface area contributed by atoms with Gasteiger partial charge >= 0.3 is 103 Å². The first kappa shape index (κ1) is 54.2. The number of alkyl halides is 1. The number of aromatic nitrogens is 2. The van der Waals surface area contributed by atoms with Gasteiger partial charge in [0, 0.05) is 23.3 Å². The van der Waals surface area contributed by atoms with Gasteiger partial charge in [-0.25, -0.2) is 9.97 Å². The molecule has 0 aliphatic rings. The molecule has 0 radical (unpaired) electrons. The van der Waals surface area contributed by atoms with E-state index in [0.29, 0.717) is 22.9 Å². The van der Waals surface area contributed by atoms with Crippen molar-refractivity contribution in [3.05, 3.63) is 44.9 Å². The minimum absolute atomic E-state index is 0. The second-order valence-corrected chi connectivity index (χ2v) is 24.4. The predicted molar refractivity (Wildman–Crippen MR) is 189 cm³/mol. The monoisotopic (exact) mass is 910 g/mol. The Kier molecular flexibility index (Phi) is 32.6. The van der Waals surface area contributed by atoms with Gasteiger partial charge in [-0.15, -0.1) is 0 Å². The second-order valence-electron chi connectivity index (χ2n) is 12.5. The van der Waals surface area contributed by atoms with Gasteiger partial charge in [0.1, 0.15) is 21.6 Å². The van der Waals surface area contributed by atoms with Crippen LogP contribution in [0.15, 0.2) is 33.5 Å². The molecular weight excluding hydrogens is 862 g/mol. The fourth-order valence-electron chi connectivity index (χ4n) is 2.31. The maximum atomic E-state index is 8.93. The number of hydrogen-bond donors (Lipinski definition) is 1. The number of hydrogen-bond acceptors (Lipinski definition) is 9. The minimum atomic E-state index is -1.67. The molecule has 16 heteroatoms. The van der Waals surface area contributed by atoms with E-state index in [-0.39, 0.29) is 121 Å². The molecule has 0 saturated heterocycles. The number of ether oxygens (including phenoxy) is 1. The van der Waals surface area contributed by atoms with Crippen LogP contribution in [0, 0.1) is 13.8 Å². The number of aryl methyl sites for hydroxylation is 2. The van der Waals surface area contributed by atoms with E-state index >= 15 is 0 Å². The first-order valence-electron chi connectivity index (χ1n) is 13.7. The third-order valence-corrected chi connectivity index (χ3v) is 17.5. The molecule has 0 bridgehead atoms. The summed E-state index contributed by atoms with van der Waals surface area (Å²) in [6.45, 7) is 28.2. The van der Waals surface area contributed by atoms with Crippen molar-refractivity contribution >= 4 is 70.9 Å². The van der Waals surface area contributed by atoms with Gasteiger partial charge in [-0.05, 0) is 106 Å². The normalized spacial score (nSPS) is 11.0. The second kappa shape index (κ2) is 27.1. The van der Waals surface area contributed by atoms with Crippen LogP contribution in [0.2, 0.25) is 36.3 Å². The van der Waals surface area contributed by atoms with Crippen LogP contribution in [0.25, 0.3) is 0 Å². The Morgan fingerprint density at radius 2 is 1.22 bits per heavy atom. The van der Waals surface area contributed by atoms with Crippen LogP contribution in [0.5, 0.6) is 11.5 Å². The summed E-state index contributed by atoms with van der Waals surface area (Å²) in [4.78, 5) is 19.5. The van der Waals surface area contributed by atoms with Crippen LogP contribution in [0.4, 0.5) is 0 Å². The molecule has 0 aromatic carbocycles.